The number of nitrogens with zero attached hydrogens (tertiary/aromatic N) is 5. The number of rotatable bonds is 4. The average Bonchev–Trinajstić information content (AvgIpc) is 2.61. The summed E-state index contributed by atoms with van der Waals surface area (Å²) < 4.78 is 0. The molecule has 0 radical (unpaired) electrons. The van der Waals surface area contributed by atoms with Crippen molar-refractivity contribution in [3.8, 4) is 11.4 Å². The third-order valence-corrected chi connectivity index (χ3v) is 4.27. The summed E-state index contributed by atoms with van der Waals surface area (Å²) in [6, 6.07) is 3.69. The van der Waals surface area contributed by atoms with Crippen LogP contribution in [-0.2, 0) is 0 Å². The number of pyridine rings is 1. The first-order chi connectivity index (χ1) is 12.0. The fraction of sp³-hybridized carbons (Fsp3) is 0.444. The number of carbonyl (C=O) groups excluding carboxylic acids is 1. The number of aromatic nitrogens is 3. The van der Waals surface area contributed by atoms with Crippen molar-refractivity contribution in [3.63, 3.8) is 0 Å². The van der Waals surface area contributed by atoms with Gasteiger partial charge in [-0.2, -0.15) is 0 Å². The van der Waals surface area contributed by atoms with Gasteiger partial charge >= 0.3 is 0 Å². The second-order valence-corrected chi connectivity index (χ2v) is 6.83. The zero-order valence-electron chi connectivity index (χ0n) is 14.6. The van der Waals surface area contributed by atoms with Gasteiger partial charge in [-0.15, -0.1) is 0 Å². The second-order valence-electron chi connectivity index (χ2n) is 6.83. The van der Waals surface area contributed by atoms with Crippen LogP contribution in [0.1, 0.15) is 23.2 Å². The molecule has 25 heavy (non-hydrogen) atoms. The molecule has 1 aliphatic rings. The number of likely N-dealkylation sites (tertiary alicyclic amines) is 1. The molecule has 2 aromatic heterocycles. The summed E-state index contributed by atoms with van der Waals surface area (Å²) in [5.41, 5.74) is 0.370. The number of likely N-dealkylation sites (N-methyl/N-ethyl adjacent to an activating group) is 1. The van der Waals surface area contributed by atoms with Gasteiger partial charge in [-0.25, -0.2) is 9.97 Å². The van der Waals surface area contributed by atoms with Crippen LogP contribution in [0.3, 0.4) is 0 Å². The Balaban J connectivity index is 1.72. The first kappa shape index (κ1) is 17.4. The third-order valence-electron chi connectivity index (χ3n) is 4.27. The Morgan fingerprint density at radius 2 is 2.08 bits per heavy atom. The van der Waals surface area contributed by atoms with Gasteiger partial charge in [0, 0.05) is 43.4 Å². The van der Waals surface area contributed by atoms with Gasteiger partial charge in [0.1, 0.15) is 0 Å². The number of amides is 1. The van der Waals surface area contributed by atoms with Gasteiger partial charge in [0.2, 0.25) is 0 Å². The number of hydrogen-bond acceptors (Lipinski definition) is 6. The van der Waals surface area contributed by atoms with Crippen molar-refractivity contribution in [2.24, 2.45) is 0 Å². The topological polar surface area (TPSA) is 82.5 Å². The van der Waals surface area contributed by atoms with E-state index in [-0.39, 0.29) is 5.91 Å². The molecule has 1 amide bonds. The minimum absolute atomic E-state index is 0.144. The van der Waals surface area contributed by atoms with Gasteiger partial charge in [-0.05, 0) is 39.1 Å². The molecule has 3 heterocycles. The molecule has 7 nitrogen and oxygen atoms in total. The van der Waals surface area contributed by atoms with E-state index < -0.39 is 5.60 Å². The van der Waals surface area contributed by atoms with Crippen LogP contribution in [0, 0.1) is 0 Å². The molecule has 1 atom stereocenters. The van der Waals surface area contributed by atoms with Crippen LogP contribution >= 0.6 is 0 Å². The SMILES string of the molecule is CN(C)C[C@]1(O)CCCN(C(=O)c2cnc(-c3cccnc3)nc2)C1. The summed E-state index contributed by atoms with van der Waals surface area (Å²) in [7, 11) is 3.84. The Morgan fingerprint density at radius 1 is 1.32 bits per heavy atom. The van der Waals surface area contributed by atoms with Gasteiger partial charge < -0.3 is 14.9 Å². The first-order valence-corrected chi connectivity index (χ1v) is 8.36. The fourth-order valence-electron chi connectivity index (χ4n) is 3.27. The maximum atomic E-state index is 12.7. The Hall–Kier alpha value is -2.38. The quantitative estimate of drug-likeness (QED) is 0.896. The lowest BCUT2D eigenvalue weighted by molar-refractivity contribution is -0.0391. The zero-order chi connectivity index (χ0) is 17.9. The van der Waals surface area contributed by atoms with Crippen molar-refractivity contribution in [3.05, 3.63) is 42.5 Å². The van der Waals surface area contributed by atoms with Gasteiger partial charge in [0.05, 0.1) is 17.7 Å². The average molecular weight is 341 g/mol. The minimum Gasteiger partial charge on any atom is -0.387 e. The predicted molar refractivity (Wildman–Crippen MR) is 93.9 cm³/mol. The van der Waals surface area contributed by atoms with E-state index in [9.17, 15) is 9.90 Å². The maximum absolute atomic E-state index is 12.7. The number of piperidine rings is 1. The number of hydrogen-bond donors (Lipinski definition) is 1. The maximum Gasteiger partial charge on any atom is 0.257 e. The van der Waals surface area contributed by atoms with Gasteiger partial charge in [-0.3, -0.25) is 9.78 Å². The van der Waals surface area contributed by atoms with Crippen molar-refractivity contribution < 1.29 is 9.90 Å². The van der Waals surface area contributed by atoms with Crippen LogP contribution in [0.2, 0.25) is 0 Å². The summed E-state index contributed by atoms with van der Waals surface area (Å²) in [4.78, 5) is 29.0. The van der Waals surface area contributed by atoms with Crippen molar-refractivity contribution >= 4 is 5.91 Å². The molecule has 2 aromatic rings. The van der Waals surface area contributed by atoms with Crippen LogP contribution in [0.4, 0.5) is 0 Å². The predicted octanol–water partition coefficient (Wildman–Crippen LogP) is 1.07. The van der Waals surface area contributed by atoms with E-state index in [4.69, 9.17) is 0 Å². The summed E-state index contributed by atoms with van der Waals surface area (Å²) >= 11 is 0. The van der Waals surface area contributed by atoms with Crippen LogP contribution < -0.4 is 0 Å². The van der Waals surface area contributed by atoms with E-state index in [1.807, 2.05) is 31.1 Å². The highest BCUT2D eigenvalue weighted by atomic mass is 16.3. The molecule has 1 saturated heterocycles. The lowest BCUT2D eigenvalue weighted by Crippen LogP contribution is -2.54. The van der Waals surface area contributed by atoms with Gasteiger partial charge in [-0.1, -0.05) is 0 Å². The highest BCUT2D eigenvalue weighted by molar-refractivity contribution is 5.93. The second kappa shape index (κ2) is 7.25. The standard InChI is InChI=1S/C18H23N5O2/c1-22(2)12-18(25)6-4-8-23(13-18)17(24)15-10-20-16(21-11-15)14-5-3-7-19-9-14/h3,5,7,9-11,25H,4,6,8,12-13H2,1-2H3/t18-/m1/s1. The van der Waals surface area contributed by atoms with Crippen LogP contribution in [-0.4, -0.2) is 75.1 Å². The Kier molecular flexibility index (Phi) is 5.06. The van der Waals surface area contributed by atoms with Crippen molar-refractivity contribution in [1.82, 2.24) is 24.8 Å². The van der Waals surface area contributed by atoms with Crippen LogP contribution in [0.5, 0.6) is 0 Å². The normalized spacial score (nSPS) is 20.7. The van der Waals surface area contributed by atoms with E-state index in [2.05, 4.69) is 15.0 Å². The molecule has 3 rings (SSSR count). The molecular weight excluding hydrogens is 318 g/mol. The van der Waals surface area contributed by atoms with Crippen molar-refractivity contribution in [2.45, 2.75) is 18.4 Å². The number of carbonyl (C=O) groups is 1. The lowest BCUT2D eigenvalue weighted by Gasteiger charge is -2.40. The molecular formula is C18H23N5O2. The summed E-state index contributed by atoms with van der Waals surface area (Å²) in [6.45, 7) is 1.50. The number of aliphatic hydroxyl groups is 1. The van der Waals surface area contributed by atoms with E-state index in [1.165, 1.54) is 12.4 Å². The zero-order valence-corrected chi connectivity index (χ0v) is 14.6. The van der Waals surface area contributed by atoms with Crippen molar-refractivity contribution in [2.75, 3.05) is 33.7 Å². The largest absolute Gasteiger partial charge is 0.387 e. The third kappa shape index (κ3) is 4.18. The van der Waals surface area contributed by atoms with E-state index in [0.29, 0.717) is 37.4 Å². The van der Waals surface area contributed by atoms with Gasteiger partial charge in [0.15, 0.2) is 5.82 Å². The van der Waals surface area contributed by atoms with Crippen LogP contribution in [0.15, 0.2) is 36.9 Å². The summed E-state index contributed by atoms with van der Waals surface area (Å²) in [6.07, 6.45) is 7.93. The monoisotopic (exact) mass is 341 g/mol. The minimum atomic E-state index is -0.867. The lowest BCUT2D eigenvalue weighted by atomic mass is 9.92. The first-order valence-electron chi connectivity index (χ1n) is 8.36. The highest BCUT2D eigenvalue weighted by Crippen LogP contribution is 2.23. The summed E-state index contributed by atoms with van der Waals surface area (Å²) in [5.74, 6) is 0.391. The summed E-state index contributed by atoms with van der Waals surface area (Å²) in [5, 5.41) is 10.7. The molecule has 0 saturated carbocycles. The van der Waals surface area contributed by atoms with Gasteiger partial charge in [0.25, 0.3) is 5.91 Å². The molecule has 7 heteroatoms. The molecule has 0 spiro atoms. The van der Waals surface area contributed by atoms with E-state index >= 15 is 0 Å². The fourth-order valence-corrected chi connectivity index (χ4v) is 3.27. The Labute approximate surface area is 147 Å². The molecule has 1 N–H and O–H groups in total. The molecule has 0 unspecified atom stereocenters. The molecule has 132 valence electrons. The van der Waals surface area contributed by atoms with Crippen molar-refractivity contribution in [1.29, 1.82) is 0 Å². The molecule has 0 aliphatic carbocycles. The van der Waals surface area contributed by atoms with Crippen LogP contribution in [0.25, 0.3) is 11.4 Å². The molecule has 0 bridgehead atoms. The molecule has 0 aromatic carbocycles. The molecule has 1 aliphatic heterocycles. The van der Waals surface area contributed by atoms with E-state index in [0.717, 1.165) is 12.0 Å². The highest BCUT2D eigenvalue weighted by Gasteiger charge is 2.36. The Morgan fingerprint density at radius 3 is 2.72 bits per heavy atom. The smallest absolute Gasteiger partial charge is 0.257 e. The Bertz CT molecular complexity index is 720. The number of β-amino-alcohol motifs (C(OH)–C–C–N with tert-alkyl or cyclic N) is 1. The van der Waals surface area contributed by atoms with E-state index in [1.54, 1.807) is 17.3 Å². The molecule has 1 fully saturated rings.